The summed E-state index contributed by atoms with van der Waals surface area (Å²) in [5.74, 6) is 1.93. The van der Waals surface area contributed by atoms with Crippen LogP contribution in [0, 0.1) is 5.92 Å². The van der Waals surface area contributed by atoms with E-state index in [1.807, 2.05) is 21.1 Å². The van der Waals surface area contributed by atoms with Gasteiger partial charge < -0.3 is 9.84 Å². The summed E-state index contributed by atoms with van der Waals surface area (Å²) in [5, 5.41) is 7.20. The lowest BCUT2D eigenvalue weighted by molar-refractivity contribution is 0.181. The zero-order valence-corrected chi connectivity index (χ0v) is 12.9. The first kappa shape index (κ1) is 17.4. The molecule has 5 nitrogen and oxygen atoms in total. The summed E-state index contributed by atoms with van der Waals surface area (Å²) < 4.78 is 5.36. The van der Waals surface area contributed by atoms with Gasteiger partial charge >= 0.3 is 0 Å². The molecule has 0 radical (unpaired) electrons. The van der Waals surface area contributed by atoms with Crippen molar-refractivity contribution in [1.82, 2.24) is 20.4 Å². The van der Waals surface area contributed by atoms with Crippen molar-refractivity contribution in [1.29, 1.82) is 0 Å². The lowest BCUT2D eigenvalue weighted by Gasteiger charge is -2.23. The van der Waals surface area contributed by atoms with Crippen LogP contribution in [0.15, 0.2) is 4.52 Å². The minimum absolute atomic E-state index is 0. The highest BCUT2D eigenvalue weighted by molar-refractivity contribution is 5.85. The summed E-state index contributed by atoms with van der Waals surface area (Å²) in [7, 11) is 6.00. The van der Waals surface area contributed by atoms with Crippen molar-refractivity contribution in [2.24, 2.45) is 5.92 Å². The Labute approximate surface area is 116 Å². The molecule has 0 fully saturated rings. The molecule has 1 N–H and O–H groups in total. The van der Waals surface area contributed by atoms with E-state index < -0.39 is 0 Å². The lowest BCUT2D eigenvalue weighted by Crippen LogP contribution is -2.25. The Hall–Kier alpha value is -0.650. The molecule has 0 aliphatic heterocycles. The van der Waals surface area contributed by atoms with Gasteiger partial charge in [0, 0.05) is 12.5 Å². The summed E-state index contributed by atoms with van der Waals surface area (Å²) in [5.41, 5.74) is 0. The molecule has 0 spiro atoms. The van der Waals surface area contributed by atoms with Crippen LogP contribution in [0.4, 0.5) is 0 Å². The minimum atomic E-state index is 0. The number of rotatable bonds is 6. The number of halogens is 1. The summed E-state index contributed by atoms with van der Waals surface area (Å²) >= 11 is 0. The van der Waals surface area contributed by atoms with Crippen LogP contribution in [-0.2, 0) is 6.42 Å². The van der Waals surface area contributed by atoms with Gasteiger partial charge in [0.25, 0.3) is 0 Å². The van der Waals surface area contributed by atoms with Crippen molar-refractivity contribution in [2.45, 2.75) is 39.3 Å². The van der Waals surface area contributed by atoms with Gasteiger partial charge in [-0.05, 0) is 34.0 Å². The molecule has 0 aliphatic rings. The molecule has 0 saturated carbocycles. The van der Waals surface area contributed by atoms with Crippen LogP contribution < -0.4 is 5.32 Å². The Balaban J connectivity index is 0.00000289. The largest absolute Gasteiger partial charge is 0.338 e. The van der Waals surface area contributed by atoms with Gasteiger partial charge in [-0.2, -0.15) is 4.98 Å². The van der Waals surface area contributed by atoms with Crippen LogP contribution in [0.1, 0.15) is 38.5 Å². The molecule has 1 aromatic heterocycles. The number of hydrogen-bond donors (Lipinski definition) is 1. The van der Waals surface area contributed by atoms with Crippen molar-refractivity contribution >= 4 is 12.4 Å². The Kier molecular flexibility index (Phi) is 7.43. The molecular formula is C12H25ClN4O. The Morgan fingerprint density at radius 2 is 1.89 bits per heavy atom. The van der Waals surface area contributed by atoms with E-state index in [2.05, 4.69) is 41.1 Å². The van der Waals surface area contributed by atoms with E-state index in [0.717, 1.165) is 12.2 Å². The van der Waals surface area contributed by atoms with Crippen molar-refractivity contribution < 1.29 is 4.52 Å². The number of aromatic nitrogens is 2. The van der Waals surface area contributed by atoms with Gasteiger partial charge in [-0.1, -0.05) is 19.0 Å². The van der Waals surface area contributed by atoms with Crippen molar-refractivity contribution in [3.05, 3.63) is 11.7 Å². The highest BCUT2D eigenvalue weighted by Gasteiger charge is 2.24. The lowest BCUT2D eigenvalue weighted by atomic mass is 10.0. The summed E-state index contributed by atoms with van der Waals surface area (Å²) in [6, 6.07) is 0.540. The molecule has 18 heavy (non-hydrogen) atoms. The normalized spacial score (nSPS) is 14.7. The standard InChI is InChI=1S/C12H24N4O.ClH/c1-8(2)11(16(5)6)12-14-10(15-17-12)7-9(3)13-4;/h8-9,11,13H,7H2,1-6H3;1H/t9?,11-;/m0./s1. The molecule has 1 aromatic rings. The number of hydrogen-bond acceptors (Lipinski definition) is 5. The van der Waals surface area contributed by atoms with E-state index in [1.165, 1.54) is 0 Å². The molecule has 1 unspecified atom stereocenters. The maximum Gasteiger partial charge on any atom is 0.244 e. The van der Waals surface area contributed by atoms with Gasteiger partial charge in [0.1, 0.15) is 0 Å². The third-order valence-corrected chi connectivity index (χ3v) is 2.91. The molecular weight excluding hydrogens is 252 g/mol. The van der Waals surface area contributed by atoms with E-state index in [9.17, 15) is 0 Å². The SMILES string of the molecule is CNC(C)Cc1noc([C@H](C(C)C)N(C)C)n1.Cl. The Morgan fingerprint density at radius 3 is 2.33 bits per heavy atom. The van der Waals surface area contributed by atoms with Crippen molar-refractivity contribution in [3.8, 4) is 0 Å². The second kappa shape index (κ2) is 7.71. The molecule has 0 aromatic carbocycles. The molecule has 0 amide bonds. The molecule has 6 heteroatoms. The number of nitrogens with one attached hydrogen (secondary N) is 1. The zero-order chi connectivity index (χ0) is 13.0. The molecule has 0 bridgehead atoms. The quantitative estimate of drug-likeness (QED) is 0.860. The highest BCUT2D eigenvalue weighted by Crippen LogP contribution is 2.24. The van der Waals surface area contributed by atoms with Gasteiger partial charge in [0.2, 0.25) is 5.89 Å². The third kappa shape index (κ3) is 4.55. The van der Waals surface area contributed by atoms with Gasteiger partial charge in [-0.3, -0.25) is 4.90 Å². The topological polar surface area (TPSA) is 54.2 Å². The fraction of sp³-hybridized carbons (Fsp3) is 0.833. The first-order valence-electron chi connectivity index (χ1n) is 6.11. The highest BCUT2D eigenvalue weighted by atomic mass is 35.5. The van der Waals surface area contributed by atoms with Gasteiger partial charge in [-0.25, -0.2) is 0 Å². The fourth-order valence-electron chi connectivity index (χ4n) is 1.95. The van der Waals surface area contributed by atoms with Crippen LogP contribution in [0.3, 0.4) is 0 Å². The van der Waals surface area contributed by atoms with Crippen LogP contribution in [0.25, 0.3) is 0 Å². The van der Waals surface area contributed by atoms with Crippen LogP contribution in [0.5, 0.6) is 0 Å². The second-order valence-electron chi connectivity index (χ2n) is 5.10. The second-order valence-corrected chi connectivity index (χ2v) is 5.10. The predicted octanol–water partition coefficient (Wildman–Crippen LogP) is 1.90. The van der Waals surface area contributed by atoms with Gasteiger partial charge in [0.15, 0.2) is 5.82 Å². The van der Waals surface area contributed by atoms with Crippen molar-refractivity contribution in [2.75, 3.05) is 21.1 Å². The number of likely N-dealkylation sites (N-methyl/N-ethyl adjacent to an activating group) is 1. The molecule has 0 saturated heterocycles. The maximum absolute atomic E-state index is 5.36. The first-order valence-corrected chi connectivity index (χ1v) is 6.11. The Morgan fingerprint density at radius 1 is 1.28 bits per heavy atom. The van der Waals surface area contributed by atoms with Crippen LogP contribution in [0.2, 0.25) is 0 Å². The molecule has 0 aliphatic carbocycles. The predicted molar refractivity (Wildman–Crippen MR) is 75.0 cm³/mol. The summed E-state index contributed by atoms with van der Waals surface area (Å²) in [6.07, 6.45) is 0.790. The monoisotopic (exact) mass is 276 g/mol. The third-order valence-electron chi connectivity index (χ3n) is 2.91. The van der Waals surface area contributed by atoms with Crippen LogP contribution >= 0.6 is 12.4 Å². The maximum atomic E-state index is 5.36. The fourth-order valence-corrected chi connectivity index (χ4v) is 1.95. The number of nitrogens with zero attached hydrogens (tertiary/aromatic N) is 3. The van der Waals surface area contributed by atoms with Gasteiger partial charge in [-0.15, -0.1) is 12.4 Å². The molecule has 106 valence electrons. The van der Waals surface area contributed by atoms with E-state index in [0.29, 0.717) is 17.9 Å². The van der Waals surface area contributed by atoms with E-state index in [1.54, 1.807) is 0 Å². The average molecular weight is 277 g/mol. The van der Waals surface area contributed by atoms with Gasteiger partial charge in [0.05, 0.1) is 6.04 Å². The Bertz CT molecular complexity index is 333. The average Bonchev–Trinajstić information content (AvgIpc) is 2.64. The zero-order valence-electron chi connectivity index (χ0n) is 12.1. The minimum Gasteiger partial charge on any atom is -0.338 e. The molecule has 2 atom stereocenters. The molecule has 1 rings (SSSR count). The van der Waals surface area contributed by atoms with E-state index >= 15 is 0 Å². The summed E-state index contributed by atoms with van der Waals surface area (Å²) in [4.78, 5) is 6.60. The van der Waals surface area contributed by atoms with Crippen LogP contribution in [-0.4, -0.2) is 42.2 Å². The van der Waals surface area contributed by atoms with E-state index in [-0.39, 0.29) is 18.4 Å². The first-order chi connectivity index (χ1) is 7.95. The molecule has 1 heterocycles. The summed E-state index contributed by atoms with van der Waals surface area (Å²) in [6.45, 7) is 6.41. The smallest absolute Gasteiger partial charge is 0.244 e. The van der Waals surface area contributed by atoms with Crippen molar-refractivity contribution in [3.63, 3.8) is 0 Å². The van der Waals surface area contributed by atoms with E-state index in [4.69, 9.17) is 4.52 Å².